The Morgan fingerprint density at radius 3 is 2.13 bits per heavy atom. The molecule has 1 fully saturated rings. The second-order valence-electron chi connectivity index (χ2n) is 11.7. The van der Waals surface area contributed by atoms with Crippen molar-refractivity contribution in [3.05, 3.63) is 90.2 Å². The molecule has 1 saturated heterocycles. The monoisotopic (exact) mass is 605 g/mol. The Hall–Kier alpha value is -5.06. The highest BCUT2D eigenvalue weighted by atomic mass is 16.5. The number of nitrogens with zero attached hydrogens (tertiary/aromatic N) is 3. The molecule has 2 aromatic heterocycles. The molecule has 6 rings (SSSR count). The molecule has 10 heteroatoms. The van der Waals surface area contributed by atoms with Gasteiger partial charge < -0.3 is 29.8 Å². The Bertz CT molecular complexity index is 1840. The number of amides is 2. The number of furan rings is 1. The topological polar surface area (TPSA) is 130 Å². The first-order valence-corrected chi connectivity index (χ1v) is 14.9. The van der Waals surface area contributed by atoms with Gasteiger partial charge in [0.2, 0.25) is 0 Å². The maximum Gasteiger partial charge on any atom is 0.323 e. The standard InChI is InChI=1S/C35H35N5O5/c1-22(41)20-23-4-9-26(10-5-23)36-34(42)37-27-11-6-24(7-12-27)32-38-29-21-25(30-14-15-31(45-30)35(2,3)43)8-13-28(29)33(39-32)40-16-18-44-19-17-40/h4-15,21,43H,16-20H2,1-3H3,(H2,36,37,42). The van der Waals surface area contributed by atoms with Gasteiger partial charge in [-0.15, -0.1) is 0 Å². The fourth-order valence-corrected chi connectivity index (χ4v) is 5.22. The van der Waals surface area contributed by atoms with Crippen LogP contribution in [0, 0.1) is 0 Å². The molecule has 0 radical (unpaired) electrons. The van der Waals surface area contributed by atoms with E-state index in [-0.39, 0.29) is 11.8 Å². The Morgan fingerprint density at radius 2 is 1.51 bits per heavy atom. The minimum Gasteiger partial charge on any atom is -0.458 e. The second kappa shape index (κ2) is 12.5. The maximum atomic E-state index is 12.6. The van der Waals surface area contributed by atoms with Crippen LogP contribution in [-0.4, -0.2) is 53.2 Å². The number of aliphatic hydroxyl groups is 1. The van der Waals surface area contributed by atoms with Gasteiger partial charge in [0, 0.05) is 47.4 Å². The van der Waals surface area contributed by atoms with E-state index < -0.39 is 5.60 Å². The predicted octanol–water partition coefficient (Wildman–Crippen LogP) is 6.40. The number of carbonyl (C=O) groups is 2. The highest BCUT2D eigenvalue weighted by Gasteiger charge is 2.22. The summed E-state index contributed by atoms with van der Waals surface area (Å²) in [5, 5.41) is 16.9. The van der Waals surface area contributed by atoms with E-state index >= 15 is 0 Å². The van der Waals surface area contributed by atoms with Gasteiger partial charge in [-0.3, -0.25) is 4.79 Å². The SMILES string of the molecule is CC(=O)Cc1ccc(NC(=O)Nc2ccc(-c3nc(N4CCOCC4)c4ccc(-c5ccc(C(C)(C)O)o5)cc4n3)cc2)cc1. The third kappa shape index (κ3) is 7.03. The van der Waals surface area contributed by atoms with Crippen molar-refractivity contribution in [1.82, 2.24) is 9.97 Å². The first-order valence-electron chi connectivity index (χ1n) is 14.9. The summed E-state index contributed by atoms with van der Waals surface area (Å²) in [5.41, 5.74) is 3.45. The lowest BCUT2D eigenvalue weighted by atomic mass is 10.1. The molecular weight excluding hydrogens is 570 g/mol. The molecule has 0 aliphatic carbocycles. The molecule has 0 bridgehead atoms. The number of urea groups is 1. The van der Waals surface area contributed by atoms with Crippen LogP contribution in [0.1, 0.15) is 32.1 Å². The van der Waals surface area contributed by atoms with E-state index in [2.05, 4.69) is 15.5 Å². The minimum atomic E-state index is -1.09. The molecule has 1 aliphatic heterocycles. The predicted molar refractivity (Wildman–Crippen MR) is 174 cm³/mol. The third-order valence-electron chi connectivity index (χ3n) is 7.55. The number of fused-ring (bicyclic) bond motifs is 1. The Kier molecular flexibility index (Phi) is 8.34. The second-order valence-corrected chi connectivity index (χ2v) is 11.7. The van der Waals surface area contributed by atoms with E-state index in [9.17, 15) is 14.7 Å². The third-order valence-corrected chi connectivity index (χ3v) is 7.55. The summed E-state index contributed by atoms with van der Waals surface area (Å²) in [6, 6.07) is 23.8. The summed E-state index contributed by atoms with van der Waals surface area (Å²) in [6.45, 7) is 7.61. The molecule has 3 heterocycles. The molecule has 0 spiro atoms. The van der Waals surface area contributed by atoms with Crippen LogP contribution in [0.2, 0.25) is 0 Å². The zero-order valence-corrected chi connectivity index (χ0v) is 25.5. The van der Waals surface area contributed by atoms with Crippen molar-refractivity contribution in [2.24, 2.45) is 0 Å². The van der Waals surface area contributed by atoms with Crippen LogP contribution >= 0.6 is 0 Å². The molecule has 2 amide bonds. The number of rotatable bonds is 8. The average molecular weight is 606 g/mol. The van der Waals surface area contributed by atoms with E-state index in [0.717, 1.165) is 46.5 Å². The van der Waals surface area contributed by atoms with E-state index in [0.29, 0.717) is 48.4 Å². The van der Waals surface area contributed by atoms with Crippen LogP contribution in [0.5, 0.6) is 0 Å². The number of nitrogens with one attached hydrogen (secondary N) is 2. The number of Topliss-reactive ketones (excluding diaryl/α,β-unsaturated/α-hetero) is 1. The van der Waals surface area contributed by atoms with Crippen LogP contribution < -0.4 is 15.5 Å². The van der Waals surface area contributed by atoms with E-state index in [1.54, 1.807) is 39.0 Å². The summed E-state index contributed by atoms with van der Waals surface area (Å²) in [6.07, 6.45) is 0.364. The van der Waals surface area contributed by atoms with E-state index in [4.69, 9.17) is 19.1 Å². The van der Waals surface area contributed by atoms with Gasteiger partial charge in [0.15, 0.2) is 5.82 Å². The highest BCUT2D eigenvalue weighted by Crippen LogP contribution is 2.34. The van der Waals surface area contributed by atoms with Gasteiger partial charge in [0.05, 0.1) is 18.7 Å². The Morgan fingerprint density at radius 1 is 0.867 bits per heavy atom. The number of anilines is 3. The fraction of sp³-hybridized carbons (Fsp3) is 0.257. The van der Waals surface area contributed by atoms with Gasteiger partial charge in [-0.1, -0.05) is 18.2 Å². The van der Waals surface area contributed by atoms with Crippen LogP contribution in [-0.2, 0) is 21.6 Å². The van der Waals surface area contributed by atoms with Gasteiger partial charge in [-0.05, 0) is 87.0 Å². The lowest BCUT2D eigenvalue weighted by molar-refractivity contribution is -0.116. The number of ether oxygens (including phenoxy) is 1. The molecule has 1 aliphatic rings. The summed E-state index contributed by atoms with van der Waals surface area (Å²) in [4.78, 5) is 36.1. The van der Waals surface area contributed by atoms with Gasteiger partial charge in [-0.2, -0.15) is 0 Å². The Labute approximate surface area is 261 Å². The largest absolute Gasteiger partial charge is 0.458 e. The molecule has 5 aromatic rings. The Balaban J connectivity index is 1.25. The molecular formula is C35H35N5O5. The molecule has 0 saturated carbocycles. The van der Waals surface area contributed by atoms with Crippen molar-refractivity contribution in [2.75, 3.05) is 41.8 Å². The van der Waals surface area contributed by atoms with Crippen LogP contribution in [0.3, 0.4) is 0 Å². The average Bonchev–Trinajstić information content (AvgIpc) is 3.53. The van der Waals surface area contributed by atoms with Crippen molar-refractivity contribution in [1.29, 1.82) is 0 Å². The number of carbonyl (C=O) groups excluding carboxylic acids is 2. The van der Waals surface area contributed by atoms with E-state index in [1.165, 1.54) is 0 Å². The normalized spacial score (nSPS) is 13.6. The smallest absolute Gasteiger partial charge is 0.323 e. The number of hydrogen-bond donors (Lipinski definition) is 3. The highest BCUT2D eigenvalue weighted by molar-refractivity contribution is 6.00. The molecule has 3 N–H and O–H groups in total. The lowest BCUT2D eigenvalue weighted by Crippen LogP contribution is -2.37. The summed E-state index contributed by atoms with van der Waals surface area (Å²) in [7, 11) is 0. The van der Waals surface area contributed by atoms with Gasteiger partial charge in [0.25, 0.3) is 0 Å². The number of ketones is 1. The van der Waals surface area contributed by atoms with Gasteiger partial charge in [-0.25, -0.2) is 14.8 Å². The first-order chi connectivity index (χ1) is 21.6. The van der Waals surface area contributed by atoms with Crippen molar-refractivity contribution in [2.45, 2.75) is 32.8 Å². The van der Waals surface area contributed by atoms with Crippen LogP contribution in [0.4, 0.5) is 22.0 Å². The van der Waals surface area contributed by atoms with E-state index in [1.807, 2.05) is 60.7 Å². The zero-order valence-electron chi connectivity index (χ0n) is 25.5. The fourth-order valence-electron chi connectivity index (χ4n) is 5.22. The molecule has 230 valence electrons. The minimum absolute atomic E-state index is 0.0866. The molecule has 45 heavy (non-hydrogen) atoms. The number of benzene rings is 3. The summed E-state index contributed by atoms with van der Waals surface area (Å²) in [5.74, 6) is 2.60. The number of hydrogen-bond acceptors (Lipinski definition) is 8. The maximum absolute atomic E-state index is 12.6. The van der Waals surface area contributed by atoms with Crippen molar-refractivity contribution >= 4 is 39.9 Å². The lowest BCUT2D eigenvalue weighted by Gasteiger charge is -2.29. The van der Waals surface area contributed by atoms with Gasteiger partial charge in [0.1, 0.15) is 28.7 Å². The van der Waals surface area contributed by atoms with Crippen LogP contribution in [0.15, 0.2) is 83.3 Å². The molecule has 0 unspecified atom stereocenters. The number of morpholine rings is 1. The zero-order chi connectivity index (χ0) is 31.6. The molecule has 10 nitrogen and oxygen atoms in total. The van der Waals surface area contributed by atoms with Crippen molar-refractivity contribution in [3.63, 3.8) is 0 Å². The van der Waals surface area contributed by atoms with Crippen molar-refractivity contribution in [3.8, 4) is 22.7 Å². The quantitative estimate of drug-likeness (QED) is 0.185. The summed E-state index contributed by atoms with van der Waals surface area (Å²) < 4.78 is 11.6. The molecule has 3 aromatic carbocycles. The first kappa shape index (κ1) is 30.0. The summed E-state index contributed by atoms with van der Waals surface area (Å²) >= 11 is 0. The van der Waals surface area contributed by atoms with Crippen LogP contribution in [0.25, 0.3) is 33.6 Å². The van der Waals surface area contributed by atoms with Gasteiger partial charge >= 0.3 is 6.03 Å². The number of aromatic nitrogens is 2. The van der Waals surface area contributed by atoms with Crippen molar-refractivity contribution < 1.29 is 23.8 Å². The molecule has 0 atom stereocenters.